The highest BCUT2D eigenvalue weighted by Gasteiger charge is 2.37. The van der Waals surface area contributed by atoms with Crippen molar-refractivity contribution in [1.29, 1.82) is 0 Å². The molecule has 25 heavy (non-hydrogen) atoms. The summed E-state index contributed by atoms with van der Waals surface area (Å²) in [7, 11) is 0. The Morgan fingerprint density at radius 3 is 2.76 bits per heavy atom. The van der Waals surface area contributed by atoms with Crippen LogP contribution in [0.25, 0.3) is 10.9 Å². The predicted octanol–water partition coefficient (Wildman–Crippen LogP) is 1.32. The number of ether oxygens (including phenoxy) is 1. The number of morpholine rings is 1. The summed E-state index contributed by atoms with van der Waals surface area (Å²) in [4.78, 5) is 32.2. The van der Waals surface area contributed by atoms with E-state index in [4.69, 9.17) is 4.74 Å². The number of carbonyl (C=O) groups excluding carboxylic acids is 1. The van der Waals surface area contributed by atoms with Gasteiger partial charge in [-0.3, -0.25) is 14.5 Å². The van der Waals surface area contributed by atoms with Gasteiger partial charge in [-0.05, 0) is 12.0 Å². The molecule has 2 aliphatic rings. The lowest BCUT2D eigenvalue weighted by molar-refractivity contribution is 0.0119. The third-order valence-corrected chi connectivity index (χ3v) is 5.36. The third-order valence-electron chi connectivity index (χ3n) is 5.36. The van der Waals surface area contributed by atoms with Gasteiger partial charge >= 0.3 is 0 Å². The monoisotopic (exact) mass is 341 g/mol. The van der Waals surface area contributed by atoms with Crippen molar-refractivity contribution in [1.82, 2.24) is 14.8 Å². The van der Waals surface area contributed by atoms with Crippen molar-refractivity contribution in [2.24, 2.45) is 5.92 Å². The first-order valence-electron chi connectivity index (χ1n) is 8.86. The van der Waals surface area contributed by atoms with Crippen LogP contribution in [0, 0.1) is 5.92 Å². The second-order valence-electron chi connectivity index (χ2n) is 7.00. The Morgan fingerprint density at radius 1 is 1.20 bits per heavy atom. The summed E-state index contributed by atoms with van der Waals surface area (Å²) in [5, 5.41) is 0.801. The number of hydrogen-bond acceptors (Lipinski definition) is 4. The van der Waals surface area contributed by atoms with E-state index in [1.54, 1.807) is 0 Å². The molecule has 4 rings (SSSR count). The number of fused-ring (bicyclic) bond motifs is 1. The zero-order valence-electron chi connectivity index (χ0n) is 14.4. The molecular weight excluding hydrogens is 318 g/mol. The van der Waals surface area contributed by atoms with Crippen molar-refractivity contribution in [2.75, 3.05) is 39.4 Å². The van der Waals surface area contributed by atoms with E-state index in [1.807, 2.05) is 29.2 Å². The summed E-state index contributed by atoms with van der Waals surface area (Å²) >= 11 is 0. The molecule has 132 valence electrons. The fraction of sp³-hybridized carbons (Fsp3) is 0.474. The first-order chi connectivity index (χ1) is 12.1. The summed E-state index contributed by atoms with van der Waals surface area (Å²) in [6, 6.07) is 9.26. The van der Waals surface area contributed by atoms with Crippen molar-refractivity contribution in [3.63, 3.8) is 0 Å². The van der Waals surface area contributed by atoms with Crippen molar-refractivity contribution >= 4 is 16.8 Å². The van der Waals surface area contributed by atoms with Gasteiger partial charge < -0.3 is 14.6 Å². The quantitative estimate of drug-likeness (QED) is 0.895. The lowest BCUT2D eigenvalue weighted by Crippen LogP contribution is -2.47. The molecular formula is C19H23N3O3. The van der Waals surface area contributed by atoms with Crippen LogP contribution in [0.1, 0.15) is 17.3 Å². The van der Waals surface area contributed by atoms with Gasteiger partial charge in [0.1, 0.15) is 0 Å². The summed E-state index contributed by atoms with van der Waals surface area (Å²) in [5.41, 5.74) is 0.962. The Bertz CT molecular complexity index is 841. The largest absolute Gasteiger partial charge is 0.379 e. The molecule has 0 unspecified atom stereocenters. The number of rotatable bonds is 2. The van der Waals surface area contributed by atoms with Crippen molar-refractivity contribution in [2.45, 2.75) is 13.0 Å². The smallest absolute Gasteiger partial charge is 0.254 e. The molecule has 0 spiro atoms. The Hall–Kier alpha value is -2.18. The molecule has 6 nitrogen and oxygen atoms in total. The molecule has 2 fully saturated rings. The molecule has 6 heteroatoms. The fourth-order valence-electron chi connectivity index (χ4n) is 4.05. The van der Waals surface area contributed by atoms with E-state index in [0.717, 1.165) is 38.2 Å². The fourth-order valence-corrected chi connectivity index (χ4v) is 4.05. The van der Waals surface area contributed by atoms with E-state index >= 15 is 0 Å². The number of aromatic nitrogens is 1. The zero-order valence-corrected chi connectivity index (χ0v) is 14.4. The van der Waals surface area contributed by atoms with Gasteiger partial charge in [-0.25, -0.2) is 0 Å². The average molecular weight is 341 g/mol. The van der Waals surface area contributed by atoms with Crippen LogP contribution in [-0.4, -0.2) is 66.1 Å². The Balaban J connectivity index is 1.61. The van der Waals surface area contributed by atoms with Gasteiger partial charge in [-0.1, -0.05) is 25.1 Å². The number of H-pyrrole nitrogens is 1. The lowest BCUT2D eigenvalue weighted by atomic mass is 10.0. The summed E-state index contributed by atoms with van der Waals surface area (Å²) in [5.74, 6) is 0.361. The topological polar surface area (TPSA) is 65.6 Å². The predicted molar refractivity (Wildman–Crippen MR) is 95.8 cm³/mol. The molecule has 1 N–H and O–H groups in total. The highest BCUT2D eigenvalue weighted by molar-refractivity contribution is 6.06. The molecule has 1 amide bonds. The third kappa shape index (κ3) is 3.07. The zero-order chi connectivity index (χ0) is 17.4. The van der Waals surface area contributed by atoms with Crippen LogP contribution in [-0.2, 0) is 4.74 Å². The molecule has 1 aromatic heterocycles. The minimum Gasteiger partial charge on any atom is -0.379 e. The number of benzene rings is 1. The van der Waals surface area contributed by atoms with Crippen LogP contribution < -0.4 is 5.56 Å². The van der Waals surface area contributed by atoms with E-state index in [1.165, 1.54) is 6.07 Å². The van der Waals surface area contributed by atoms with Gasteiger partial charge in [-0.2, -0.15) is 0 Å². The van der Waals surface area contributed by atoms with Gasteiger partial charge in [0.25, 0.3) is 5.91 Å². The molecule has 0 radical (unpaired) electrons. The van der Waals surface area contributed by atoms with Gasteiger partial charge in [0, 0.05) is 49.2 Å². The SMILES string of the molecule is C[C@H]1CN(C(=O)c2cc(=O)[nH]c3ccccc23)C[C@H]1N1CCOCC1. The number of carbonyl (C=O) groups is 1. The lowest BCUT2D eigenvalue weighted by Gasteiger charge is -2.34. The minimum atomic E-state index is -0.237. The van der Waals surface area contributed by atoms with Crippen molar-refractivity contribution < 1.29 is 9.53 Å². The molecule has 2 aromatic rings. The maximum Gasteiger partial charge on any atom is 0.254 e. The number of amides is 1. The van der Waals surface area contributed by atoms with Crippen molar-refractivity contribution in [3.8, 4) is 0 Å². The van der Waals surface area contributed by atoms with E-state index < -0.39 is 0 Å². The Kier molecular flexibility index (Phi) is 4.31. The van der Waals surface area contributed by atoms with Gasteiger partial charge in [0.15, 0.2) is 0 Å². The average Bonchev–Trinajstić information content (AvgIpc) is 3.03. The highest BCUT2D eigenvalue weighted by atomic mass is 16.5. The molecule has 0 saturated carbocycles. The molecule has 3 heterocycles. The van der Waals surface area contributed by atoms with Gasteiger partial charge in [0.2, 0.25) is 5.56 Å². The van der Waals surface area contributed by atoms with Crippen LogP contribution in [0.3, 0.4) is 0 Å². The van der Waals surface area contributed by atoms with Crippen LogP contribution in [0.5, 0.6) is 0 Å². The maximum absolute atomic E-state index is 13.1. The molecule has 2 saturated heterocycles. The minimum absolute atomic E-state index is 0.0510. The second-order valence-corrected chi connectivity index (χ2v) is 7.00. The normalized spacial score (nSPS) is 24.8. The number of pyridine rings is 1. The van der Waals surface area contributed by atoms with E-state index in [0.29, 0.717) is 29.6 Å². The molecule has 0 aliphatic carbocycles. The molecule has 2 aliphatic heterocycles. The number of nitrogens with one attached hydrogen (secondary N) is 1. The molecule has 1 aromatic carbocycles. The Labute approximate surface area is 146 Å². The number of hydrogen-bond donors (Lipinski definition) is 1. The molecule has 0 bridgehead atoms. The van der Waals surface area contributed by atoms with E-state index in [9.17, 15) is 9.59 Å². The number of para-hydroxylation sites is 1. The van der Waals surface area contributed by atoms with E-state index in [-0.39, 0.29) is 11.5 Å². The summed E-state index contributed by atoms with van der Waals surface area (Å²) < 4.78 is 5.44. The van der Waals surface area contributed by atoms with Crippen LogP contribution in [0.15, 0.2) is 35.1 Å². The van der Waals surface area contributed by atoms with Crippen molar-refractivity contribution in [3.05, 3.63) is 46.2 Å². The number of likely N-dealkylation sites (tertiary alicyclic amines) is 1. The highest BCUT2D eigenvalue weighted by Crippen LogP contribution is 2.25. The number of nitrogens with zero attached hydrogens (tertiary/aromatic N) is 2. The molecule has 2 atom stereocenters. The van der Waals surface area contributed by atoms with Gasteiger partial charge in [0.05, 0.1) is 18.8 Å². The van der Waals surface area contributed by atoms with Crippen LogP contribution in [0.2, 0.25) is 0 Å². The maximum atomic E-state index is 13.1. The first kappa shape index (κ1) is 16.3. The number of aromatic amines is 1. The Morgan fingerprint density at radius 2 is 1.96 bits per heavy atom. The van der Waals surface area contributed by atoms with Crippen LogP contribution in [0.4, 0.5) is 0 Å². The first-order valence-corrected chi connectivity index (χ1v) is 8.86. The standard InChI is InChI=1S/C19H23N3O3/c1-13-11-22(12-17(13)21-6-8-25-9-7-21)19(24)15-10-18(23)20-16-5-3-2-4-14(15)16/h2-5,10,13,17H,6-9,11-12H2,1H3,(H,20,23)/t13-,17+/m0/s1. The van der Waals surface area contributed by atoms with Crippen LogP contribution >= 0.6 is 0 Å². The van der Waals surface area contributed by atoms with Gasteiger partial charge in [-0.15, -0.1) is 0 Å². The summed E-state index contributed by atoms with van der Waals surface area (Å²) in [6.07, 6.45) is 0. The second kappa shape index (κ2) is 6.61. The summed E-state index contributed by atoms with van der Waals surface area (Å²) in [6.45, 7) is 6.99. The van der Waals surface area contributed by atoms with E-state index in [2.05, 4.69) is 16.8 Å².